The van der Waals surface area contributed by atoms with Crippen LogP contribution in [-0.2, 0) is 16.0 Å². The second-order valence-electron chi connectivity index (χ2n) is 6.98. The molecule has 0 saturated carbocycles. The Morgan fingerprint density at radius 3 is 2.50 bits per heavy atom. The Kier molecular flexibility index (Phi) is 7.72. The third-order valence-electron chi connectivity index (χ3n) is 4.97. The molecule has 0 spiro atoms. The fraction of sp³-hybridized carbons (Fsp3) is 0.208. The number of esters is 1. The van der Waals surface area contributed by atoms with Crippen molar-refractivity contribution in [1.29, 1.82) is 0 Å². The molecule has 3 aromatic rings. The molecule has 0 saturated heterocycles. The summed E-state index contributed by atoms with van der Waals surface area (Å²) in [5.74, 6) is -0.280. The number of rotatable bonds is 8. The number of hydrogen-bond donors (Lipinski definition) is 2. The van der Waals surface area contributed by atoms with Crippen LogP contribution in [0.4, 0.5) is 5.69 Å². The van der Waals surface area contributed by atoms with Crippen molar-refractivity contribution < 1.29 is 19.1 Å². The van der Waals surface area contributed by atoms with E-state index in [9.17, 15) is 9.59 Å². The van der Waals surface area contributed by atoms with Gasteiger partial charge >= 0.3 is 5.97 Å². The van der Waals surface area contributed by atoms with Gasteiger partial charge in [0.05, 0.1) is 19.8 Å². The number of carbonyl (C=O) groups is 2. The SMILES string of the molecule is COC(=O)[C@H](Cc1ccc(N)cc1)NC(=O)c1cnccc1-c1cc(OC)ccc1SC. The molecule has 0 aliphatic heterocycles. The van der Waals surface area contributed by atoms with Gasteiger partial charge in [0, 0.05) is 29.4 Å². The van der Waals surface area contributed by atoms with E-state index < -0.39 is 17.9 Å². The van der Waals surface area contributed by atoms with Gasteiger partial charge in [-0.3, -0.25) is 9.78 Å². The monoisotopic (exact) mass is 451 g/mol. The van der Waals surface area contributed by atoms with Crippen molar-refractivity contribution in [3.63, 3.8) is 0 Å². The summed E-state index contributed by atoms with van der Waals surface area (Å²) in [5.41, 5.74) is 9.09. The molecule has 0 aliphatic carbocycles. The number of anilines is 1. The molecule has 1 atom stereocenters. The Morgan fingerprint density at radius 1 is 1.09 bits per heavy atom. The average Bonchev–Trinajstić information content (AvgIpc) is 2.83. The molecular formula is C24H25N3O4S. The zero-order valence-electron chi connectivity index (χ0n) is 18.1. The smallest absolute Gasteiger partial charge is 0.328 e. The van der Waals surface area contributed by atoms with Crippen LogP contribution < -0.4 is 15.8 Å². The normalized spacial score (nSPS) is 11.5. The van der Waals surface area contributed by atoms with Gasteiger partial charge in [0.1, 0.15) is 11.8 Å². The molecular weight excluding hydrogens is 426 g/mol. The summed E-state index contributed by atoms with van der Waals surface area (Å²) in [6, 6.07) is 13.7. The third-order valence-corrected chi connectivity index (χ3v) is 5.77. The van der Waals surface area contributed by atoms with E-state index in [0.29, 0.717) is 22.6 Å². The van der Waals surface area contributed by atoms with Crippen LogP contribution in [0.2, 0.25) is 0 Å². The van der Waals surface area contributed by atoms with Gasteiger partial charge in [-0.25, -0.2) is 4.79 Å². The first-order valence-electron chi connectivity index (χ1n) is 9.86. The molecule has 7 nitrogen and oxygen atoms in total. The zero-order chi connectivity index (χ0) is 23.1. The first kappa shape index (κ1) is 23.1. The number of methoxy groups -OCH3 is 2. The molecule has 1 amide bonds. The van der Waals surface area contributed by atoms with E-state index in [4.69, 9.17) is 15.2 Å². The van der Waals surface area contributed by atoms with E-state index in [2.05, 4.69) is 10.3 Å². The summed E-state index contributed by atoms with van der Waals surface area (Å²) < 4.78 is 10.3. The first-order valence-corrected chi connectivity index (χ1v) is 11.1. The Hall–Kier alpha value is -3.52. The van der Waals surface area contributed by atoms with Gasteiger partial charge in [0.15, 0.2) is 0 Å². The lowest BCUT2D eigenvalue weighted by Crippen LogP contribution is -2.43. The number of hydrogen-bond acceptors (Lipinski definition) is 7. The van der Waals surface area contributed by atoms with Gasteiger partial charge in [-0.05, 0) is 59.3 Å². The maximum atomic E-state index is 13.3. The predicted molar refractivity (Wildman–Crippen MR) is 126 cm³/mol. The number of amides is 1. The van der Waals surface area contributed by atoms with Crippen LogP contribution in [0.5, 0.6) is 5.75 Å². The number of nitrogen functional groups attached to an aromatic ring is 1. The molecule has 1 heterocycles. The summed E-state index contributed by atoms with van der Waals surface area (Å²) in [6.45, 7) is 0. The molecule has 8 heteroatoms. The third kappa shape index (κ3) is 5.39. The topological polar surface area (TPSA) is 104 Å². The zero-order valence-corrected chi connectivity index (χ0v) is 18.9. The molecule has 0 aliphatic rings. The number of pyridine rings is 1. The fourth-order valence-electron chi connectivity index (χ4n) is 3.30. The molecule has 3 rings (SSSR count). The highest BCUT2D eigenvalue weighted by Gasteiger charge is 2.25. The highest BCUT2D eigenvalue weighted by molar-refractivity contribution is 7.98. The number of benzene rings is 2. The van der Waals surface area contributed by atoms with Crippen molar-refractivity contribution in [3.8, 4) is 16.9 Å². The van der Waals surface area contributed by atoms with Crippen LogP contribution in [0.25, 0.3) is 11.1 Å². The molecule has 3 N–H and O–H groups in total. The summed E-state index contributed by atoms with van der Waals surface area (Å²) in [6.07, 6.45) is 5.35. The van der Waals surface area contributed by atoms with Crippen LogP contribution in [0, 0.1) is 0 Å². The van der Waals surface area contributed by atoms with Crippen molar-refractivity contribution >= 4 is 29.3 Å². The number of aromatic nitrogens is 1. The number of nitrogens with zero attached hydrogens (tertiary/aromatic N) is 1. The largest absolute Gasteiger partial charge is 0.497 e. The van der Waals surface area contributed by atoms with Crippen molar-refractivity contribution in [2.45, 2.75) is 17.4 Å². The molecule has 1 aromatic heterocycles. The average molecular weight is 452 g/mol. The van der Waals surface area contributed by atoms with E-state index >= 15 is 0 Å². The minimum absolute atomic E-state index is 0.267. The lowest BCUT2D eigenvalue weighted by molar-refractivity contribution is -0.142. The van der Waals surface area contributed by atoms with Gasteiger partial charge in [-0.2, -0.15) is 0 Å². The van der Waals surface area contributed by atoms with Crippen LogP contribution in [0.1, 0.15) is 15.9 Å². The Labute approximate surface area is 191 Å². The number of thioether (sulfide) groups is 1. The fourth-order valence-corrected chi connectivity index (χ4v) is 3.89. The molecule has 32 heavy (non-hydrogen) atoms. The molecule has 166 valence electrons. The van der Waals surface area contributed by atoms with Gasteiger partial charge in [0.25, 0.3) is 5.91 Å². The highest BCUT2D eigenvalue weighted by atomic mass is 32.2. The Morgan fingerprint density at radius 2 is 1.84 bits per heavy atom. The number of nitrogens with two attached hydrogens (primary N) is 1. The molecule has 0 bridgehead atoms. The van der Waals surface area contributed by atoms with Gasteiger partial charge in [-0.1, -0.05) is 12.1 Å². The minimum atomic E-state index is -0.866. The molecule has 0 fully saturated rings. The quantitative estimate of drug-likeness (QED) is 0.306. The summed E-state index contributed by atoms with van der Waals surface area (Å²) in [4.78, 5) is 30.8. The van der Waals surface area contributed by atoms with E-state index in [0.717, 1.165) is 16.0 Å². The second kappa shape index (κ2) is 10.7. The van der Waals surface area contributed by atoms with Crippen LogP contribution in [0.15, 0.2) is 65.8 Å². The predicted octanol–water partition coefficient (Wildman–Crippen LogP) is 3.58. The van der Waals surface area contributed by atoms with Gasteiger partial charge < -0.3 is 20.5 Å². The lowest BCUT2D eigenvalue weighted by atomic mass is 10.00. The van der Waals surface area contributed by atoms with E-state index in [1.807, 2.05) is 36.6 Å². The summed E-state index contributed by atoms with van der Waals surface area (Å²) >= 11 is 1.56. The molecule has 0 unspecified atom stereocenters. The second-order valence-corrected chi connectivity index (χ2v) is 7.83. The van der Waals surface area contributed by atoms with Crippen molar-refractivity contribution in [2.24, 2.45) is 0 Å². The van der Waals surface area contributed by atoms with Crippen molar-refractivity contribution in [3.05, 3.63) is 72.1 Å². The van der Waals surface area contributed by atoms with Crippen molar-refractivity contribution in [2.75, 3.05) is 26.2 Å². The minimum Gasteiger partial charge on any atom is -0.497 e. The maximum absolute atomic E-state index is 13.3. The number of nitrogens with one attached hydrogen (secondary N) is 1. The first-order chi connectivity index (χ1) is 15.5. The maximum Gasteiger partial charge on any atom is 0.328 e. The Bertz CT molecular complexity index is 1100. The van der Waals surface area contributed by atoms with Crippen LogP contribution in [-0.4, -0.2) is 43.4 Å². The van der Waals surface area contributed by atoms with E-state index in [-0.39, 0.29) is 6.42 Å². The lowest BCUT2D eigenvalue weighted by Gasteiger charge is -2.18. The van der Waals surface area contributed by atoms with Gasteiger partial charge in [0.2, 0.25) is 0 Å². The van der Waals surface area contributed by atoms with E-state index in [1.54, 1.807) is 43.3 Å². The summed E-state index contributed by atoms with van der Waals surface area (Å²) in [7, 11) is 2.89. The number of carbonyl (C=O) groups excluding carboxylic acids is 2. The number of ether oxygens (including phenoxy) is 2. The standard InChI is InChI=1S/C24H25N3O4S/c1-30-17-8-9-22(32-3)19(13-17)18-10-11-26-14-20(18)23(28)27-21(24(29)31-2)12-15-4-6-16(25)7-5-15/h4-11,13-14,21H,12,25H2,1-3H3,(H,27,28)/t21-/m0/s1. The molecule has 2 aromatic carbocycles. The Balaban J connectivity index is 1.93. The van der Waals surface area contributed by atoms with Gasteiger partial charge in [-0.15, -0.1) is 11.8 Å². The van der Waals surface area contributed by atoms with E-state index in [1.165, 1.54) is 13.3 Å². The summed E-state index contributed by atoms with van der Waals surface area (Å²) in [5, 5.41) is 2.80. The van der Waals surface area contributed by atoms with Crippen molar-refractivity contribution in [1.82, 2.24) is 10.3 Å². The van der Waals surface area contributed by atoms with Crippen LogP contribution >= 0.6 is 11.8 Å². The van der Waals surface area contributed by atoms with Crippen LogP contribution in [0.3, 0.4) is 0 Å². The molecule has 0 radical (unpaired) electrons. The highest BCUT2D eigenvalue weighted by Crippen LogP contribution is 2.35.